The van der Waals surface area contributed by atoms with Crippen LogP contribution in [0.1, 0.15) is 32.3 Å². The molecule has 0 N–H and O–H groups in total. The number of benzene rings is 1. The second-order valence-corrected chi connectivity index (χ2v) is 5.61. The third kappa shape index (κ3) is 1.93. The average molecular weight is 252 g/mol. The van der Waals surface area contributed by atoms with Crippen molar-refractivity contribution in [1.82, 2.24) is 0 Å². The molecule has 0 amide bonds. The fourth-order valence-corrected chi connectivity index (χ4v) is 2.73. The lowest BCUT2D eigenvalue weighted by atomic mass is 9.56. The Labute approximate surface area is 106 Å². The molecule has 0 unspecified atom stereocenters. The lowest BCUT2D eigenvalue weighted by molar-refractivity contribution is 0.141. The Morgan fingerprint density at radius 1 is 1.47 bits per heavy atom. The molecule has 0 heterocycles. The molecule has 0 radical (unpaired) electrons. The quantitative estimate of drug-likeness (QED) is 0.769. The summed E-state index contributed by atoms with van der Waals surface area (Å²) < 4.78 is 13.9. The second kappa shape index (κ2) is 4.31. The van der Waals surface area contributed by atoms with E-state index in [1.54, 1.807) is 12.1 Å². The SMILES string of the molecule is CC(C)C1CC(C#N)(c2cccc(Cl)c2F)C1. The summed E-state index contributed by atoms with van der Waals surface area (Å²) in [6.07, 6.45) is 1.47. The van der Waals surface area contributed by atoms with Crippen molar-refractivity contribution in [3.05, 3.63) is 34.6 Å². The van der Waals surface area contributed by atoms with Crippen molar-refractivity contribution in [3.8, 4) is 6.07 Å². The third-order valence-corrected chi connectivity index (χ3v) is 4.14. The van der Waals surface area contributed by atoms with Crippen molar-refractivity contribution in [2.24, 2.45) is 11.8 Å². The highest BCUT2D eigenvalue weighted by molar-refractivity contribution is 6.30. The summed E-state index contributed by atoms with van der Waals surface area (Å²) in [6, 6.07) is 7.20. The predicted octanol–water partition coefficient (Wildman–Crippen LogP) is 4.31. The van der Waals surface area contributed by atoms with Crippen LogP contribution in [0.2, 0.25) is 5.02 Å². The van der Waals surface area contributed by atoms with Crippen LogP contribution >= 0.6 is 11.6 Å². The van der Waals surface area contributed by atoms with Gasteiger partial charge in [0.15, 0.2) is 0 Å². The Morgan fingerprint density at radius 3 is 2.65 bits per heavy atom. The van der Waals surface area contributed by atoms with Crippen molar-refractivity contribution >= 4 is 11.6 Å². The van der Waals surface area contributed by atoms with E-state index >= 15 is 0 Å². The van der Waals surface area contributed by atoms with Crippen LogP contribution in [0.25, 0.3) is 0 Å². The molecular weight excluding hydrogens is 237 g/mol. The standard InChI is InChI=1S/C14H15ClFN/c1-9(2)10-6-14(7-10,8-17)11-4-3-5-12(15)13(11)16/h3-5,9-10H,6-7H2,1-2H3. The van der Waals surface area contributed by atoms with Crippen LogP contribution in [-0.4, -0.2) is 0 Å². The minimum absolute atomic E-state index is 0.102. The van der Waals surface area contributed by atoms with Gasteiger partial charge in [-0.15, -0.1) is 0 Å². The van der Waals surface area contributed by atoms with Gasteiger partial charge >= 0.3 is 0 Å². The van der Waals surface area contributed by atoms with Gasteiger partial charge in [-0.25, -0.2) is 4.39 Å². The molecule has 3 heteroatoms. The van der Waals surface area contributed by atoms with Gasteiger partial charge < -0.3 is 0 Å². The molecule has 90 valence electrons. The van der Waals surface area contributed by atoms with E-state index in [1.165, 1.54) is 6.07 Å². The highest BCUT2D eigenvalue weighted by Crippen LogP contribution is 2.51. The van der Waals surface area contributed by atoms with Gasteiger partial charge in [0.05, 0.1) is 16.5 Å². The number of nitrogens with zero attached hydrogens (tertiary/aromatic N) is 1. The van der Waals surface area contributed by atoms with Gasteiger partial charge in [0.1, 0.15) is 5.82 Å². The zero-order valence-electron chi connectivity index (χ0n) is 10.0. The van der Waals surface area contributed by atoms with Crippen LogP contribution in [-0.2, 0) is 5.41 Å². The molecule has 0 atom stereocenters. The lowest BCUT2D eigenvalue weighted by Crippen LogP contribution is -2.42. The van der Waals surface area contributed by atoms with E-state index in [4.69, 9.17) is 11.6 Å². The number of nitriles is 1. The van der Waals surface area contributed by atoms with Crippen LogP contribution in [0, 0.1) is 29.0 Å². The minimum atomic E-state index is -0.663. The maximum atomic E-state index is 13.9. The average Bonchev–Trinajstić information content (AvgIpc) is 2.22. The summed E-state index contributed by atoms with van der Waals surface area (Å²) in [6.45, 7) is 4.28. The summed E-state index contributed by atoms with van der Waals surface area (Å²) in [5, 5.41) is 9.45. The highest BCUT2D eigenvalue weighted by atomic mass is 35.5. The van der Waals surface area contributed by atoms with Gasteiger partial charge in [-0.1, -0.05) is 37.6 Å². The fraction of sp³-hybridized carbons (Fsp3) is 0.500. The van der Waals surface area contributed by atoms with Crippen molar-refractivity contribution < 1.29 is 4.39 Å². The first-order valence-electron chi connectivity index (χ1n) is 5.86. The zero-order chi connectivity index (χ0) is 12.6. The van der Waals surface area contributed by atoms with E-state index in [-0.39, 0.29) is 5.02 Å². The summed E-state index contributed by atoms with van der Waals surface area (Å²) in [7, 11) is 0. The van der Waals surface area contributed by atoms with Crippen molar-refractivity contribution in [2.75, 3.05) is 0 Å². The molecule has 0 aliphatic heterocycles. The van der Waals surface area contributed by atoms with E-state index in [9.17, 15) is 9.65 Å². The van der Waals surface area contributed by atoms with Gasteiger partial charge in [0, 0.05) is 5.56 Å². The molecule has 1 aliphatic rings. The molecular formula is C14H15ClFN. The summed E-state index contributed by atoms with van der Waals surface area (Å²) in [4.78, 5) is 0. The fourth-order valence-electron chi connectivity index (χ4n) is 2.55. The monoisotopic (exact) mass is 251 g/mol. The van der Waals surface area contributed by atoms with E-state index in [1.807, 2.05) is 0 Å². The molecule has 1 nitrogen and oxygen atoms in total. The molecule has 0 saturated heterocycles. The van der Waals surface area contributed by atoms with E-state index < -0.39 is 11.2 Å². The number of hydrogen-bond donors (Lipinski definition) is 0. The van der Waals surface area contributed by atoms with Crippen molar-refractivity contribution in [2.45, 2.75) is 32.1 Å². The molecule has 1 aliphatic carbocycles. The Morgan fingerprint density at radius 2 is 2.12 bits per heavy atom. The second-order valence-electron chi connectivity index (χ2n) is 5.21. The Kier molecular flexibility index (Phi) is 3.14. The molecule has 1 saturated carbocycles. The molecule has 0 spiro atoms. The largest absolute Gasteiger partial charge is 0.205 e. The van der Waals surface area contributed by atoms with Crippen LogP contribution in [0.15, 0.2) is 18.2 Å². The number of hydrogen-bond acceptors (Lipinski definition) is 1. The Hall–Kier alpha value is -1.07. The smallest absolute Gasteiger partial charge is 0.146 e. The molecule has 0 bridgehead atoms. The highest BCUT2D eigenvalue weighted by Gasteiger charge is 2.48. The van der Waals surface area contributed by atoms with Gasteiger partial charge in [-0.2, -0.15) is 5.26 Å². The first-order valence-corrected chi connectivity index (χ1v) is 6.24. The van der Waals surface area contributed by atoms with Crippen molar-refractivity contribution in [1.29, 1.82) is 5.26 Å². The Balaban J connectivity index is 2.33. The first kappa shape index (κ1) is 12.4. The van der Waals surface area contributed by atoms with E-state index in [0.29, 0.717) is 17.4 Å². The summed E-state index contributed by atoms with van der Waals surface area (Å²) in [5.41, 5.74) is -0.200. The molecule has 1 aromatic rings. The maximum absolute atomic E-state index is 13.9. The van der Waals surface area contributed by atoms with E-state index in [2.05, 4.69) is 19.9 Å². The number of rotatable bonds is 2. The predicted molar refractivity (Wildman–Crippen MR) is 66.3 cm³/mol. The van der Waals surface area contributed by atoms with Crippen LogP contribution in [0.3, 0.4) is 0 Å². The Bertz CT molecular complexity index is 470. The minimum Gasteiger partial charge on any atom is -0.205 e. The van der Waals surface area contributed by atoms with Crippen LogP contribution in [0.5, 0.6) is 0 Å². The summed E-state index contributed by atoms with van der Waals surface area (Å²) in [5.74, 6) is 0.615. The molecule has 17 heavy (non-hydrogen) atoms. The number of halogens is 2. The first-order chi connectivity index (χ1) is 8.00. The lowest BCUT2D eigenvalue weighted by Gasteiger charge is -2.45. The molecule has 0 aromatic heterocycles. The molecule has 1 aromatic carbocycles. The zero-order valence-corrected chi connectivity index (χ0v) is 10.8. The topological polar surface area (TPSA) is 23.8 Å². The maximum Gasteiger partial charge on any atom is 0.146 e. The molecule has 1 fully saturated rings. The van der Waals surface area contributed by atoms with Gasteiger partial charge in [-0.3, -0.25) is 0 Å². The summed E-state index contributed by atoms with van der Waals surface area (Å²) >= 11 is 5.77. The van der Waals surface area contributed by atoms with Gasteiger partial charge in [-0.05, 0) is 30.7 Å². The molecule has 2 rings (SSSR count). The van der Waals surface area contributed by atoms with Crippen molar-refractivity contribution in [3.63, 3.8) is 0 Å². The van der Waals surface area contributed by atoms with Crippen LogP contribution < -0.4 is 0 Å². The third-order valence-electron chi connectivity index (χ3n) is 3.85. The van der Waals surface area contributed by atoms with Gasteiger partial charge in [0.25, 0.3) is 0 Å². The van der Waals surface area contributed by atoms with E-state index in [0.717, 1.165) is 12.8 Å². The van der Waals surface area contributed by atoms with Gasteiger partial charge in [0.2, 0.25) is 0 Å². The normalized spacial score (nSPS) is 27.6. The van der Waals surface area contributed by atoms with Crippen LogP contribution in [0.4, 0.5) is 4.39 Å².